The minimum Gasteiger partial charge on any atom is -0.392 e. The van der Waals surface area contributed by atoms with Gasteiger partial charge in [-0.1, -0.05) is 18.2 Å². The maximum absolute atomic E-state index is 14.6. The van der Waals surface area contributed by atoms with Crippen molar-refractivity contribution in [1.29, 1.82) is 0 Å². The monoisotopic (exact) mass is 515 g/mol. The molecule has 1 aromatic carbocycles. The Bertz CT molecular complexity index is 1270. The van der Waals surface area contributed by atoms with E-state index in [9.17, 15) is 23.1 Å². The van der Waals surface area contributed by atoms with E-state index < -0.39 is 29.8 Å². The highest BCUT2D eigenvalue weighted by Gasteiger charge is 2.35. The van der Waals surface area contributed by atoms with Crippen molar-refractivity contribution in [1.82, 2.24) is 24.8 Å². The van der Waals surface area contributed by atoms with E-state index in [-0.39, 0.29) is 17.6 Å². The number of hydrogen-bond acceptors (Lipinski definition) is 5. The normalized spacial score (nSPS) is 25.6. The molecule has 0 radical (unpaired) electrons. The molecule has 0 unspecified atom stereocenters. The summed E-state index contributed by atoms with van der Waals surface area (Å²) in [6, 6.07) is 5.63. The number of pyridine rings is 1. The van der Waals surface area contributed by atoms with Gasteiger partial charge >= 0.3 is 0 Å². The van der Waals surface area contributed by atoms with Gasteiger partial charge in [-0.3, -0.25) is 9.69 Å². The molecular formula is C27H32F3N5O2. The van der Waals surface area contributed by atoms with Crippen LogP contribution in [0.3, 0.4) is 0 Å². The summed E-state index contributed by atoms with van der Waals surface area (Å²) in [5.41, 5.74) is 1.32. The van der Waals surface area contributed by atoms with E-state index in [2.05, 4.69) is 27.2 Å². The molecule has 198 valence electrons. The maximum atomic E-state index is 14.6. The first-order chi connectivity index (χ1) is 17.7. The highest BCUT2D eigenvalue weighted by molar-refractivity contribution is 5.94. The van der Waals surface area contributed by atoms with Gasteiger partial charge < -0.3 is 10.4 Å². The van der Waals surface area contributed by atoms with Gasteiger partial charge in [0.05, 0.1) is 23.3 Å². The Hall–Kier alpha value is -2.98. The Morgan fingerprint density at radius 1 is 1.19 bits per heavy atom. The highest BCUT2D eigenvalue weighted by Crippen LogP contribution is 2.38. The second kappa shape index (κ2) is 10.4. The van der Waals surface area contributed by atoms with Crippen molar-refractivity contribution in [2.45, 2.75) is 82.5 Å². The minimum atomic E-state index is -2.94. The van der Waals surface area contributed by atoms with E-state index in [1.165, 1.54) is 18.5 Å². The topological polar surface area (TPSA) is 82.8 Å². The van der Waals surface area contributed by atoms with Crippen LogP contribution < -0.4 is 5.32 Å². The second-order valence-corrected chi connectivity index (χ2v) is 10.4. The third kappa shape index (κ3) is 5.09. The van der Waals surface area contributed by atoms with Gasteiger partial charge in [-0.25, -0.2) is 22.7 Å². The van der Waals surface area contributed by atoms with Crippen LogP contribution in [0.5, 0.6) is 0 Å². The van der Waals surface area contributed by atoms with Crippen LogP contribution in [0.25, 0.3) is 5.65 Å². The van der Waals surface area contributed by atoms with Gasteiger partial charge in [-0.05, 0) is 57.9 Å². The molecule has 1 aliphatic heterocycles. The van der Waals surface area contributed by atoms with Gasteiger partial charge in [0.25, 0.3) is 12.3 Å². The van der Waals surface area contributed by atoms with Crippen LogP contribution in [0.2, 0.25) is 0 Å². The summed E-state index contributed by atoms with van der Waals surface area (Å²) in [7, 11) is 0. The van der Waals surface area contributed by atoms with Crippen molar-refractivity contribution >= 4 is 11.6 Å². The first-order valence-electron chi connectivity index (χ1n) is 12.9. The zero-order chi connectivity index (χ0) is 26.3. The molecule has 2 fully saturated rings. The van der Waals surface area contributed by atoms with Crippen LogP contribution in [0, 0.1) is 5.82 Å². The van der Waals surface area contributed by atoms with Crippen LogP contribution in [0.4, 0.5) is 13.2 Å². The molecule has 10 heteroatoms. The van der Waals surface area contributed by atoms with E-state index in [4.69, 9.17) is 0 Å². The van der Waals surface area contributed by atoms with E-state index in [1.54, 1.807) is 17.6 Å². The molecule has 3 aromatic rings. The quantitative estimate of drug-likeness (QED) is 0.494. The molecule has 1 amide bonds. The van der Waals surface area contributed by atoms with Gasteiger partial charge in [0.2, 0.25) is 0 Å². The van der Waals surface area contributed by atoms with E-state index in [0.29, 0.717) is 23.3 Å². The Morgan fingerprint density at radius 2 is 1.92 bits per heavy atom. The number of benzene rings is 1. The molecule has 0 spiro atoms. The van der Waals surface area contributed by atoms with Crippen molar-refractivity contribution in [3.8, 4) is 0 Å². The van der Waals surface area contributed by atoms with Crippen LogP contribution in [-0.2, 0) is 0 Å². The molecular weight excluding hydrogens is 483 g/mol. The van der Waals surface area contributed by atoms with Crippen molar-refractivity contribution in [2.24, 2.45) is 0 Å². The second-order valence-electron chi connectivity index (χ2n) is 10.4. The van der Waals surface area contributed by atoms with Crippen LogP contribution in [-0.4, -0.2) is 55.2 Å². The number of nitrogens with zero attached hydrogens (tertiary/aromatic N) is 4. The fourth-order valence-electron chi connectivity index (χ4n) is 6.06. The molecule has 1 aliphatic carbocycles. The summed E-state index contributed by atoms with van der Waals surface area (Å²) in [6.07, 6.45) is 4.50. The molecule has 3 heterocycles. The standard InChI is InChI=1S/C27H32F3N5O2/c1-15-10-20(36)13-34(15)19-8-6-17(7-9-19)23-11-18(12-35-26(23)31-14-32-35)27(37)33-16(2)21-4-3-5-22(24(21)28)25(29)30/h3-5,11-12,14-17,19-20,25,36H,6-10,13H2,1-2H3,(H,33,37)/t15-,16-,17?,19?,20-/m1/s1. The zero-order valence-electron chi connectivity index (χ0n) is 20.9. The number of carbonyl (C=O) groups is 1. The molecule has 2 aromatic heterocycles. The van der Waals surface area contributed by atoms with Crippen molar-refractivity contribution in [2.75, 3.05) is 6.54 Å². The average molecular weight is 516 g/mol. The lowest BCUT2D eigenvalue weighted by Crippen LogP contribution is -2.40. The third-order valence-electron chi connectivity index (χ3n) is 7.98. The maximum Gasteiger partial charge on any atom is 0.266 e. The Labute approximate surface area is 213 Å². The van der Waals surface area contributed by atoms with Crippen LogP contribution in [0.1, 0.15) is 91.4 Å². The number of rotatable bonds is 6. The summed E-state index contributed by atoms with van der Waals surface area (Å²) in [5.74, 6) is -1.24. The lowest BCUT2D eigenvalue weighted by molar-refractivity contribution is 0.0938. The van der Waals surface area contributed by atoms with E-state index >= 15 is 0 Å². The molecule has 37 heavy (non-hydrogen) atoms. The highest BCUT2D eigenvalue weighted by atomic mass is 19.3. The average Bonchev–Trinajstić information content (AvgIpc) is 3.48. The number of aromatic nitrogens is 3. The number of alkyl halides is 2. The summed E-state index contributed by atoms with van der Waals surface area (Å²) >= 11 is 0. The number of aliphatic hydroxyl groups is 1. The first kappa shape index (κ1) is 25.7. The Balaban J connectivity index is 1.33. The van der Waals surface area contributed by atoms with Gasteiger partial charge in [0, 0.05) is 36.0 Å². The number of fused-ring (bicyclic) bond motifs is 1. The molecule has 7 nitrogen and oxygen atoms in total. The van der Waals surface area contributed by atoms with Gasteiger partial charge in [-0.2, -0.15) is 5.10 Å². The minimum absolute atomic E-state index is 0.00721. The fourth-order valence-corrected chi connectivity index (χ4v) is 6.06. The predicted octanol–water partition coefficient (Wildman–Crippen LogP) is 4.78. The summed E-state index contributed by atoms with van der Waals surface area (Å²) in [4.78, 5) is 20.0. The molecule has 1 saturated heterocycles. The summed E-state index contributed by atoms with van der Waals surface area (Å²) in [6.45, 7) is 4.46. The number of amides is 1. The number of aliphatic hydroxyl groups excluding tert-OH is 1. The number of halogens is 3. The lowest BCUT2D eigenvalue weighted by Gasteiger charge is -2.37. The smallest absolute Gasteiger partial charge is 0.266 e. The number of likely N-dealkylation sites (tertiary alicyclic amines) is 1. The fraction of sp³-hybridized carbons (Fsp3) is 0.519. The number of hydrogen-bond donors (Lipinski definition) is 2. The van der Waals surface area contributed by atoms with Crippen LogP contribution in [0.15, 0.2) is 36.8 Å². The molecule has 2 N–H and O–H groups in total. The Morgan fingerprint density at radius 3 is 2.59 bits per heavy atom. The molecule has 5 rings (SSSR count). The molecule has 2 aliphatic rings. The zero-order valence-corrected chi connectivity index (χ0v) is 20.9. The summed E-state index contributed by atoms with van der Waals surface area (Å²) in [5, 5.41) is 17.0. The number of β-amino-alcohol motifs (C(OH)–C–C–N with tert-alkyl or cyclic N) is 1. The number of carbonyl (C=O) groups excluding carboxylic acids is 1. The molecule has 0 bridgehead atoms. The predicted molar refractivity (Wildman–Crippen MR) is 132 cm³/mol. The first-order valence-corrected chi connectivity index (χ1v) is 12.9. The third-order valence-corrected chi connectivity index (χ3v) is 7.98. The largest absolute Gasteiger partial charge is 0.392 e. The van der Waals surface area contributed by atoms with Gasteiger partial charge in [0.1, 0.15) is 12.1 Å². The Kier molecular flexibility index (Phi) is 7.22. The van der Waals surface area contributed by atoms with Crippen molar-refractivity contribution in [3.05, 3.63) is 64.9 Å². The van der Waals surface area contributed by atoms with Crippen molar-refractivity contribution < 1.29 is 23.1 Å². The van der Waals surface area contributed by atoms with E-state index in [0.717, 1.165) is 50.3 Å². The molecule has 3 atom stereocenters. The van der Waals surface area contributed by atoms with Gasteiger partial charge in [-0.15, -0.1) is 0 Å². The summed E-state index contributed by atoms with van der Waals surface area (Å²) < 4.78 is 42.5. The number of nitrogens with one attached hydrogen (secondary N) is 1. The van der Waals surface area contributed by atoms with E-state index in [1.807, 2.05) is 6.07 Å². The lowest BCUT2D eigenvalue weighted by atomic mass is 9.81. The van der Waals surface area contributed by atoms with Gasteiger partial charge in [0.15, 0.2) is 5.65 Å². The van der Waals surface area contributed by atoms with Crippen LogP contribution >= 0.6 is 0 Å². The SMILES string of the molecule is C[C@@H]1C[C@@H](O)CN1C1CCC(c2cc(C(=O)N[C@H](C)c3cccc(C(F)F)c3F)cn3ncnc23)CC1. The van der Waals surface area contributed by atoms with Crippen molar-refractivity contribution in [3.63, 3.8) is 0 Å². The molecule has 1 saturated carbocycles.